The van der Waals surface area contributed by atoms with E-state index in [2.05, 4.69) is 21.6 Å². The molecule has 2 heterocycles. The van der Waals surface area contributed by atoms with E-state index in [-0.39, 0.29) is 11.9 Å². The molecule has 0 radical (unpaired) electrons. The highest BCUT2D eigenvalue weighted by Crippen LogP contribution is 2.14. The number of nitrogens with zero attached hydrogens (tertiary/aromatic N) is 1. The van der Waals surface area contributed by atoms with Gasteiger partial charge < -0.3 is 10.6 Å². The Morgan fingerprint density at radius 2 is 2.14 bits per heavy atom. The summed E-state index contributed by atoms with van der Waals surface area (Å²) in [7, 11) is 0. The lowest BCUT2D eigenvalue weighted by Crippen LogP contribution is -2.45. The molecule has 0 aromatic heterocycles. The van der Waals surface area contributed by atoms with Crippen molar-refractivity contribution in [3.63, 3.8) is 0 Å². The molecule has 1 atom stereocenters. The summed E-state index contributed by atoms with van der Waals surface area (Å²) in [4.78, 5) is 14.8. The minimum atomic E-state index is 0.0620. The molecule has 21 heavy (non-hydrogen) atoms. The van der Waals surface area contributed by atoms with Crippen LogP contribution in [-0.4, -0.2) is 43.0 Å². The van der Waals surface area contributed by atoms with Crippen LogP contribution in [0.25, 0.3) is 0 Å². The third-order valence-corrected chi connectivity index (χ3v) is 4.43. The molecular formula is C17H25N3O. The molecule has 4 nitrogen and oxygen atoms in total. The van der Waals surface area contributed by atoms with Gasteiger partial charge in [-0.15, -0.1) is 0 Å². The van der Waals surface area contributed by atoms with Crippen LogP contribution in [-0.2, 0) is 6.54 Å². The molecule has 0 bridgehead atoms. The highest BCUT2D eigenvalue weighted by molar-refractivity contribution is 5.94. The Morgan fingerprint density at radius 3 is 2.90 bits per heavy atom. The normalized spacial score (nSPS) is 23.1. The molecule has 0 aliphatic carbocycles. The zero-order chi connectivity index (χ0) is 14.5. The fraction of sp³-hybridized carbons (Fsp3) is 0.588. The molecule has 2 saturated heterocycles. The van der Waals surface area contributed by atoms with E-state index in [1.807, 2.05) is 18.2 Å². The molecule has 2 aliphatic rings. The number of nitrogens with one attached hydrogen (secondary N) is 2. The van der Waals surface area contributed by atoms with Gasteiger partial charge in [0, 0.05) is 24.7 Å². The number of carbonyl (C=O) groups excluding carboxylic acids is 1. The average Bonchev–Trinajstić information content (AvgIpc) is 3.01. The lowest BCUT2D eigenvalue weighted by molar-refractivity contribution is 0.0930. The lowest BCUT2D eigenvalue weighted by Gasteiger charge is -2.24. The summed E-state index contributed by atoms with van der Waals surface area (Å²) in [5.74, 6) is 0.0620. The fourth-order valence-electron chi connectivity index (χ4n) is 3.25. The predicted octanol–water partition coefficient (Wildman–Crippen LogP) is 1.76. The lowest BCUT2D eigenvalue weighted by atomic mass is 10.1. The Bertz CT molecular complexity index is 477. The van der Waals surface area contributed by atoms with Gasteiger partial charge in [-0.25, -0.2) is 0 Å². The number of carbonyl (C=O) groups is 1. The van der Waals surface area contributed by atoms with Crippen LogP contribution < -0.4 is 10.6 Å². The van der Waals surface area contributed by atoms with Gasteiger partial charge in [-0.3, -0.25) is 9.69 Å². The van der Waals surface area contributed by atoms with E-state index in [0.29, 0.717) is 0 Å². The Hall–Kier alpha value is -1.39. The number of amides is 1. The highest BCUT2D eigenvalue weighted by Gasteiger charge is 2.17. The van der Waals surface area contributed by atoms with Crippen molar-refractivity contribution in [1.29, 1.82) is 0 Å². The minimum absolute atomic E-state index is 0.0620. The zero-order valence-corrected chi connectivity index (χ0v) is 12.6. The van der Waals surface area contributed by atoms with Crippen LogP contribution in [0.2, 0.25) is 0 Å². The maximum Gasteiger partial charge on any atom is 0.251 e. The molecule has 4 heteroatoms. The standard InChI is InChI=1S/C17H25N3O/c21-17(19-16-7-4-8-18-12-16)15-6-3-5-14(11-15)13-20-9-1-2-10-20/h3,5-6,11,16,18H,1-2,4,7-10,12-13H2,(H,19,21). The van der Waals surface area contributed by atoms with Gasteiger partial charge in [-0.1, -0.05) is 12.1 Å². The topological polar surface area (TPSA) is 44.4 Å². The third kappa shape index (κ3) is 4.05. The average molecular weight is 287 g/mol. The fourth-order valence-corrected chi connectivity index (χ4v) is 3.25. The number of hydrogen-bond donors (Lipinski definition) is 2. The van der Waals surface area contributed by atoms with Gasteiger partial charge in [0.05, 0.1) is 0 Å². The second-order valence-corrected chi connectivity index (χ2v) is 6.20. The maximum atomic E-state index is 12.3. The molecule has 1 aromatic rings. The summed E-state index contributed by atoms with van der Waals surface area (Å²) in [6.45, 7) is 5.29. The van der Waals surface area contributed by atoms with Gasteiger partial charge >= 0.3 is 0 Å². The summed E-state index contributed by atoms with van der Waals surface area (Å²) >= 11 is 0. The monoisotopic (exact) mass is 287 g/mol. The van der Waals surface area contributed by atoms with Crippen molar-refractivity contribution >= 4 is 5.91 Å². The highest BCUT2D eigenvalue weighted by atomic mass is 16.1. The number of hydrogen-bond acceptors (Lipinski definition) is 3. The van der Waals surface area contributed by atoms with Gasteiger partial charge in [0.2, 0.25) is 0 Å². The molecule has 1 unspecified atom stereocenters. The molecule has 2 N–H and O–H groups in total. The van der Waals surface area contributed by atoms with Crippen LogP contribution in [0.3, 0.4) is 0 Å². The van der Waals surface area contributed by atoms with Crippen molar-refractivity contribution in [2.45, 2.75) is 38.3 Å². The Morgan fingerprint density at radius 1 is 1.29 bits per heavy atom. The second kappa shape index (κ2) is 7.05. The molecule has 1 aromatic carbocycles. The molecule has 0 spiro atoms. The van der Waals surface area contributed by atoms with E-state index in [1.165, 1.54) is 31.5 Å². The zero-order valence-electron chi connectivity index (χ0n) is 12.6. The van der Waals surface area contributed by atoms with Gasteiger partial charge in [0.15, 0.2) is 0 Å². The predicted molar refractivity (Wildman–Crippen MR) is 84.3 cm³/mol. The van der Waals surface area contributed by atoms with E-state index in [9.17, 15) is 4.79 Å². The summed E-state index contributed by atoms with van der Waals surface area (Å²) in [5, 5.41) is 6.47. The van der Waals surface area contributed by atoms with E-state index < -0.39 is 0 Å². The Balaban J connectivity index is 1.59. The minimum Gasteiger partial charge on any atom is -0.348 e. The van der Waals surface area contributed by atoms with Crippen LogP contribution in [0.4, 0.5) is 0 Å². The van der Waals surface area contributed by atoms with Gasteiger partial charge in [0.25, 0.3) is 5.91 Å². The van der Waals surface area contributed by atoms with Crippen LogP contribution in [0.1, 0.15) is 41.6 Å². The van der Waals surface area contributed by atoms with Crippen molar-refractivity contribution in [3.05, 3.63) is 35.4 Å². The van der Waals surface area contributed by atoms with Gasteiger partial charge in [0.1, 0.15) is 0 Å². The van der Waals surface area contributed by atoms with Gasteiger partial charge in [-0.05, 0) is 63.0 Å². The smallest absolute Gasteiger partial charge is 0.251 e. The summed E-state index contributed by atoms with van der Waals surface area (Å²) in [6.07, 6.45) is 4.82. The van der Waals surface area contributed by atoms with Crippen molar-refractivity contribution in [3.8, 4) is 0 Å². The first kappa shape index (κ1) is 14.5. The van der Waals surface area contributed by atoms with Crippen LogP contribution in [0.5, 0.6) is 0 Å². The largest absolute Gasteiger partial charge is 0.348 e. The Labute approximate surface area is 126 Å². The van der Waals surface area contributed by atoms with E-state index in [4.69, 9.17) is 0 Å². The number of rotatable bonds is 4. The van der Waals surface area contributed by atoms with Gasteiger partial charge in [-0.2, -0.15) is 0 Å². The first-order chi connectivity index (χ1) is 10.3. The first-order valence-electron chi connectivity index (χ1n) is 8.14. The third-order valence-electron chi connectivity index (χ3n) is 4.43. The molecular weight excluding hydrogens is 262 g/mol. The van der Waals surface area contributed by atoms with E-state index >= 15 is 0 Å². The molecule has 0 saturated carbocycles. The second-order valence-electron chi connectivity index (χ2n) is 6.20. The quantitative estimate of drug-likeness (QED) is 0.887. The SMILES string of the molecule is O=C(NC1CCCNC1)c1cccc(CN2CCCC2)c1. The maximum absolute atomic E-state index is 12.3. The van der Waals surface area contributed by atoms with Crippen molar-refractivity contribution in [2.75, 3.05) is 26.2 Å². The Kier molecular flexibility index (Phi) is 4.88. The van der Waals surface area contributed by atoms with Crippen LogP contribution >= 0.6 is 0 Å². The first-order valence-corrected chi connectivity index (χ1v) is 8.14. The summed E-state index contributed by atoms with van der Waals surface area (Å²) in [6, 6.07) is 8.35. The van der Waals surface area contributed by atoms with Crippen molar-refractivity contribution in [2.24, 2.45) is 0 Å². The summed E-state index contributed by atoms with van der Waals surface area (Å²) < 4.78 is 0. The van der Waals surface area contributed by atoms with E-state index in [0.717, 1.165) is 38.0 Å². The molecule has 1 amide bonds. The van der Waals surface area contributed by atoms with Crippen molar-refractivity contribution < 1.29 is 4.79 Å². The molecule has 2 aliphatic heterocycles. The molecule has 3 rings (SSSR count). The molecule has 2 fully saturated rings. The van der Waals surface area contributed by atoms with E-state index in [1.54, 1.807) is 0 Å². The number of likely N-dealkylation sites (tertiary alicyclic amines) is 1. The van der Waals surface area contributed by atoms with Crippen LogP contribution in [0, 0.1) is 0 Å². The number of piperidine rings is 1. The number of benzene rings is 1. The van der Waals surface area contributed by atoms with Crippen molar-refractivity contribution in [1.82, 2.24) is 15.5 Å². The van der Waals surface area contributed by atoms with Crippen LogP contribution in [0.15, 0.2) is 24.3 Å². The molecule has 114 valence electrons. The summed E-state index contributed by atoms with van der Waals surface area (Å²) in [5.41, 5.74) is 2.03.